The number of anilines is 2. The molecule has 1 N–H and O–H groups in total. The Bertz CT molecular complexity index is 1320. The molecule has 2 aliphatic rings. The molecule has 0 saturated carbocycles. The molecular weight excluding hydrogens is 458 g/mol. The summed E-state index contributed by atoms with van der Waals surface area (Å²) in [6, 6.07) is 11.0. The molecule has 1 aliphatic heterocycles. The number of carbonyl (C=O) groups excluding carboxylic acids is 1. The van der Waals surface area contributed by atoms with Gasteiger partial charge in [0.05, 0.1) is 16.3 Å². The van der Waals surface area contributed by atoms with Gasteiger partial charge in [-0.15, -0.1) is 11.3 Å². The molecule has 5 rings (SSSR count). The van der Waals surface area contributed by atoms with Crippen LogP contribution < -0.4 is 14.4 Å². The predicted molar refractivity (Wildman–Crippen MR) is 130 cm³/mol. The lowest BCUT2D eigenvalue weighted by molar-refractivity contribution is -0.121. The zero-order valence-corrected chi connectivity index (χ0v) is 20.0. The van der Waals surface area contributed by atoms with Gasteiger partial charge >= 0.3 is 0 Å². The summed E-state index contributed by atoms with van der Waals surface area (Å²) in [5.41, 5.74) is 4.51. The fourth-order valence-electron chi connectivity index (χ4n) is 4.33. The maximum atomic E-state index is 13.0. The van der Waals surface area contributed by atoms with E-state index in [2.05, 4.69) is 9.71 Å². The first-order valence-corrected chi connectivity index (χ1v) is 13.5. The van der Waals surface area contributed by atoms with Gasteiger partial charge in [0.1, 0.15) is 5.75 Å². The maximum Gasteiger partial charge on any atom is 0.265 e. The third-order valence-electron chi connectivity index (χ3n) is 6.00. The summed E-state index contributed by atoms with van der Waals surface area (Å²) in [5.74, 6) is 0.591. The van der Waals surface area contributed by atoms with Crippen molar-refractivity contribution < 1.29 is 17.9 Å². The second kappa shape index (κ2) is 8.79. The number of aryl methyl sites for hydroxylation is 2. The fourth-order valence-corrected chi connectivity index (χ4v) is 6.36. The summed E-state index contributed by atoms with van der Waals surface area (Å²) < 4.78 is 34.1. The predicted octanol–water partition coefficient (Wildman–Crippen LogP) is 4.63. The number of rotatable bonds is 6. The minimum atomic E-state index is -3.73. The van der Waals surface area contributed by atoms with Crippen molar-refractivity contribution in [1.82, 2.24) is 4.98 Å². The third kappa shape index (κ3) is 4.35. The summed E-state index contributed by atoms with van der Waals surface area (Å²) in [5, 5.41) is 2.11. The Morgan fingerprint density at radius 1 is 1.12 bits per heavy atom. The van der Waals surface area contributed by atoms with Gasteiger partial charge in [0, 0.05) is 17.5 Å². The minimum absolute atomic E-state index is 0.0394. The summed E-state index contributed by atoms with van der Waals surface area (Å²) in [7, 11) is -3.73. The largest absolute Gasteiger partial charge is 0.482 e. The number of hydrogen-bond donors (Lipinski definition) is 1. The summed E-state index contributed by atoms with van der Waals surface area (Å²) in [4.78, 5) is 18.8. The van der Waals surface area contributed by atoms with Crippen LogP contribution in [0.1, 0.15) is 37.3 Å². The molecule has 172 valence electrons. The van der Waals surface area contributed by atoms with Gasteiger partial charge in [0.15, 0.2) is 11.7 Å². The van der Waals surface area contributed by atoms with E-state index in [4.69, 9.17) is 4.74 Å². The number of ether oxygens (including phenoxy) is 1. The maximum absolute atomic E-state index is 13.0. The van der Waals surface area contributed by atoms with Crippen LogP contribution in [-0.4, -0.2) is 32.5 Å². The first kappa shape index (κ1) is 21.9. The molecule has 1 aromatic heterocycles. The zero-order chi connectivity index (χ0) is 23.0. The quantitative estimate of drug-likeness (QED) is 0.552. The number of benzene rings is 2. The number of carbonyl (C=O) groups is 1. The van der Waals surface area contributed by atoms with Crippen molar-refractivity contribution in [3.63, 3.8) is 0 Å². The van der Waals surface area contributed by atoms with Crippen molar-refractivity contribution in [3.8, 4) is 17.0 Å². The highest BCUT2D eigenvalue weighted by Gasteiger charge is 2.26. The van der Waals surface area contributed by atoms with E-state index in [1.54, 1.807) is 17.0 Å². The zero-order valence-electron chi connectivity index (χ0n) is 18.3. The number of sulfonamides is 1. The average molecular weight is 484 g/mol. The van der Waals surface area contributed by atoms with Crippen LogP contribution in [0, 0.1) is 0 Å². The van der Waals surface area contributed by atoms with Crippen LogP contribution in [0.2, 0.25) is 0 Å². The van der Waals surface area contributed by atoms with Crippen molar-refractivity contribution in [2.24, 2.45) is 0 Å². The van der Waals surface area contributed by atoms with E-state index in [-0.39, 0.29) is 17.4 Å². The second-order valence-electron chi connectivity index (χ2n) is 8.30. The SMILES string of the molecule is CCCN1C(=O)COc2ccc(-c3csc(NS(=O)(=O)c4ccc5c(c4)CCCC5)n3)cc21. The van der Waals surface area contributed by atoms with E-state index in [1.807, 2.05) is 36.6 Å². The number of amides is 1. The van der Waals surface area contributed by atoms with Crippen molar-refractivity contribution in [2.75, 3.05) is 22.8 Å². The van der Waals surface area contributed by atoms with Gasteiger partial charge in [-0.3, -0.25) is 9.52 Å². The molecule has 3 aromatic rings. The molecule has 7 nitrogen and oxygen atoms in total. The van der Waals surface area contributed by atoms with E-state index < -0.39 is 10.0 Å². The smallest absolute Gasteiger partial charge is 0.265 e. The van der Waals surface area contributed by atoms with Crippen LogP contribution in [0.4, 0.5) is 10.8 Å². The number of nitrogens with one attached hydrogen (secondary N) is 1. The molecular formula is C24H25N3O4S2. The lowest BCUT2D eigenvalue weighted by Gasteiger charge is -2.29. The first-order valence-electron chi connectivity index (χ1n) is 11.1. The summed E-state index contributed by atoms with van der Waals surface area (Å²) >= 11 is 1.23. The van der Waals surface area contributed by atoms with Crippen molar-refractivity contribution >= 4 is 38.1 Å². The fraction of sp³-hybridized carbons (Fsp3) is 0.333. The number of thiazole rings is 1. The van der Waals surface area contributed by atoms with Crippen LogP contribution in [0.3, 0.4) is 0 Å². The Kier molecular flexibility index (Phi) is 5.84. The van der Waals surface area contributed by atoms with E-state index in [1.165, 1.54) is 16.9 Å². The molecule has 0 spiro atoms. The third-order valence-corrected chi connectivity index (χ3v) is 8.22. The molecule has 0 atom stereocenters. The highest BCUT2D eigenvalue weighted by molar-refractivity contribution is 7.93. The number of aromatic nitrogens is 1. The van der Waals surface area contributed by atoms with Gasteiger partial charge in [-0.2, -0.15) is 0 Å². The van der Waals surface area contributed by atoms with Crippen LogP contribution in [0.5, 0.6) is 5.75 Å². The Morgan fingerprint density at radius 2 is 1.94 bits per heavy atom. The summed E-state index contributed by atoms with van der Waals surface area (Å²) in [6.07, 6.45) is 5.00. The molecule has 0 fully saturated rings. The van der Waals surface area contributed by atoms with E-state index >= 15 is 0 Å². The molecule has 0 saturated heterocycles. The molecule has 0 unspecified atom stereocenters. The van der Waals surface area contributed by atoms with Crippen molar-refractivity contribution in [2.45, 2.75) is 43.9 Å². The van der Waals surface area contributed by atoms with Crippen molar-refractivity contribution in [3.05, 3.63) is 52.9 Å². The lowest BCUT2D eigenvalue weighted by Crippen LogP contribution is -2.39. The van der Waals surface area contributed by atoms with Crippen LogP contribution >= 0.6 is 11.3 Å². The van der Waals surface area contributed by atoms with Gasteiger partial charge in [0.2, 0.25) is 0 Å². The van der Waals surface area contributed by atoms with E-state index in [0.717, 1.165) is 48.9 Å². The molecule has 9 heteroatoms. The Labute approximate surface area is 197 Å². The van der Waals surface area contributed by atoms with Crippen molar-refractivity contribution in [1.29, 1.82) is 0 Å². The first-order chi connectivity index (χ1) is 15.9. The standard InChI is InChI=1S/C24H25N3O4S2/c1-2-11-27-21-13-18(8-10-22(21)31-14-23(27)28)20-15-32-24(25-20)26-33(29,30)19-9-7-16-5-3-4-6-17(16)12-19/h7-10,12-13,15H,2-6,11,14H2,1H3,(H,25,26). The number of hydrogen-bond acceptors (Lipinski definition) is 6. The molecule has 1 aliphatic carbocycles. The lowest BCUT2D eigenvalue weighted by atomic mass is 9.92. The van der Waals surface area contributed by atoms with E-state index in [9.17, 15) is 13.2 Å². The van der Waals surface area contributed by atoms with Crippen LogP contribution in [0.25, 0.3) is 11.3 Å². The number of nitrogens with zero attached hydrogens (tertiary/aromatic N) is 2. The average Bonchev–Trinajstić information content (AvgIpc) is 3.28. The van der Waals surface area contributed by atoms with Gasteiger partial charge in [0.25, 0.3) is 15.9 Å². The molecule has 33 heavy (non-hydrogen) atoms. The van der Waals surface area contributed by atoms with Crippen LogP contribution in [0.15, 0.2) is 46.7 Å². The Hall–Kier alpha value is -2.91. The molecule has 2 aromatic carbocycles. The van der Waals surface area contributed by atoms with Gasteiger partial charge in [-0.1, -0.05) is 13.0 Å². The van der Waals surface area contributed by atoms with E-state index in [0.29, 0.717) is 23.1 Å². The Balaban J connectivity index is 1.39. The topological polar surface area (TPSA) is 88.6 Å². The molecule has 2 heterocycles. The minimum Gasteiger partial charge on any atom is -0.482 e. The molecule has 0 radical (unpaired) electrons. The normalized spacial score (nSPS) is 15.5. The molecule has 0 bridgehead atoms. The monoisotopic (exact) mass is 483 g/mol. The second-order valence-corrected chi connectivity index (χ2v) is 10.8. The van der Waals surface area contributed by atoms with Gasteiger partial charge < -0.3 is 9.64 Å². The van der Waals surface area contributed by atoms with Gasteiger partial charge in [-0.05, 0) is 73.6 Å². The summed E-state index contributed by atoms with van der Waals surface area (Å²) in [6.45, 7) is 2.67. The van der Waals surface area contributed by atoms with Crippen LogP contribution in [-0.2, 0) is 27.7 Å². The molecule has 1 amide bonds. The highest BCUT2D eigenvalue weighted by atomic mass is 32.2. The van der Waals surface area contributed by atoms with Gasteiger partial charge in [-0.25, -0.2) is 13.4 Å². The Morgan fingerprint density at radius 3 is 2.76 bits per heavy atom. The number of fused-ring (bicyclic) bond motifs is 2. The highest BCUT2D eigenvalue weighted by Crippen LogP contribution is 2.37.